The maximum atomic E-state index is 12.4. The van der Waals surface area contributed by atoms with Crippen LogP contribution in [0.3, 0.4) is 0 Å². The lowest BCUT2D eigenvalue weighted by Gasteiger charge is -2.32. The third kappa shape index (κ3) is 4.00. The van der Waals surface area contributed by atoms with Gasteiger partial charge < -0.3 is 4.74 Å². The highest BCUT2D eigenvalue weighted by Crippen LogP contribution is 2.27. The van der Waals surface area contributed by atoms with Gasteiger partial charge in [0.2, 0.25) is 0 Å². The number of carbonyl (C=O) groups excluding carboxylic acids is 1. The molecule has 0 aromatic carbocycles. The second-order valence-corrected chi connectivity index (χ2v) is 6.76. The quantitative estimate of drug-likeness (QED) is 0.421. The van der Waals surface area contributed by atoms with Crippen molar-refractivity contribution in [3.05, 3.63) is 0 Å². The number of hydrogen-bond acceptors (Lipinski definition) is 4. The third-order valence-electron chi connectivity index (χ3n) is 3.96. The van der Waals surface area contributed by atoms with Crippen molar-refractivity contribution in [2.45, 2.75) is 57.9 Å². The molecule has 1 saturated heterocycles. The lowest BCUT2D eigenvalue weighted by molar-refractivity contribution is -0.862. The van der Waals surface area contributed by atoms with Crippen LogP contribution in [0.4, 0.5) is 0 Å². The van der Waals surface area contributed by atoms with E-state index >= 15 is 0 Å². The SMILES string of the molecule is CCCCCCCC(=O)[N+]1(CC)CCOC1S(=O)(=O)O. The van der Waals surface area contributed by atoms with Crippen LogP contribution in [0.5, 0.6) is 0 Å². The number of nitrogens with zero attached hydrogens (tertiary/aromatic N) is 1. The first kappa shape index (κ1) is 17.6. The van der Waals surface area contributed by atoms with Crippen molar-refractivity contribution in [3.63, 3.8) is 0 Å². The first-order valence-corrected chi connectivity index (χ1v) is 8.87. The van der Waals surface area contributed by atoms with Gasteiger partial charge >= 0.3 is 21.6 Å². The van der Waals surface area contributed by atoms with Crippen molar-refractivity contribution < 1.29 is 27.0 Å². The first-order chi connectivity index (χ1) is 9.38. The Morgan fingerprint density at radius 1 is 1.25 bits per heavy atom. The average Bonchev–Trinajstić information content (AvgIpc) is 2.83. The summed E-state index contributed by atoms with van der Waals surface area (Å²) in [5.41, 5.74) is -1.45. The Kier molecular flexibility index (Phi) is 6.57. The summed E-state index contributed by atoms with van der Waals surface area (Å²) in [6.45, 7) is 4.69. The van der Waals surface area contributed by atoms with Crippen LogP contribution in [0.2, 0.25) is 0 Å². The number of ether oxygens (including phenoxy) is 1. The Labute approximate surface area is 121 Å². The summed E-state index contributed by atoms with van der Waals surface area (Å²) < 4.78 is 36.8. The number of carbonyl (C=O) groups is 1. The Hall–Kier alpha value is -0.500. The van der Waals surface area contributed by atoms with E-state index in [-0.39, 0.29) is 17.0 Å². The smallest absolute Gasteiger partial charge is 0.309 e. The van der Waals surface area contributed by atoms with E-state index in [9.17, 15) is 17.8 Å². The van der Waals surface area contributed by atoms with E-state index in [4.69, 9.17) is 4.74 Å². The number of likely N-dealkylation sites (N-methyl/N-ethyl adjacent to an activating group) is 1. The fourth-order valence-electron chi connectivity index (χ4n) is 2.73. The van der Waals surface area contributed by atoms with Gasteiger partial charge in [-0.1, -0.05) is 32.6 Å². The maximum Gasteiger partial charge on any atom is 0.347 e. The molecule has 1 fully saturated rings. The molecular weight excluding hydrogens is 282 g/mol. The monoisotopic (exact) mass is 308 g/mol. The summed E-state index contributed by atoms with van der Waals surface area (Å²) in [7, 11) is -4.38. The van der Waals surface area contributed by atoms with Crippen LogP contribution < -0.4 is 0 Å². The average molecular weight is 308 g/mol. The molecule has 1 amide bonds. The Morgan fingerprint density at radius 2 is 1.90 bits per heavy atom. The number of rotatable bonds is 8. The predicted octanol–water partition coefficient (Wildman–Crippen LogP) is 1.91. The molecule has 118 valence electrons. The molecule has 1 rings (SSSR count). The van der Waals surface area contributed by atoms with Crippen molar-refractivity contribution in [1.82, 2.24) is 0 Å². The standard InChI is InChI=1S/C13H25NO5S/c1-3-5-6-7-8-9-12(15)14(4-2)10-11-19-13(14)20(16,17)18/h13H,3-11H2,1-2H3/p+1. The van der Waals surface area contributed by atoms with E-state index < -0.39 is 15.7 Å². The topological polar surface area (TPSA) is 80.7 Å². The van der Waals surface area contributed by atoms with E-state index in [2.05, 4.69) is 6.92 Å². The fraction of sp³-hybridized carbons (Fsp3) is 0.923. The summed E-state index contributed by atoms with van der Waals surface area (Å²) in [6, 6.07) is 0. The van der Waals surface area contributed by atoms with E-state index in [0.29, 0.717) is 19.5 Å². The molecule has 1 heterocycles. The van der Waals surface area contributed by atoms with Gasteiger partial charge in [0.15, 0.2) is 0 Å². The van der Waals surface area contributed by atoms with Crippen LogP contribution in [0.25, 0.3) is 0 Å². The summed E-state index contributed by atoms with van der Waals surface area (Å²) in [5, 5.41) is 0. The Balaban J connectivity index is 2.66. The summed E-state index contributed by atoms with van der Waals surface area (Å²) in [6.07, 6.45) is 5.46. The molecule has 20 heavy (non-hydrogen) atoms. The molecule has 7 heteroatoms. The fourth-order valence-corrected chi connectivity index (χ4v) is 3.88. The van der Waals surface area contributed by atoms with E-state index in [1.165, 1.54) is 0 Å². The van der Waals surface area contributed by atoms with Gasteiger partial charge in [-0.05, 0) is 13.3 Å². The van der Waals surface area contributed by atoms with Crippen molar-refractivity contribution in [2.75, 3.05) is 19.7 Å². The normalized spacial score (nSPS) is 26.9. The zero-order chi connectivity index (χ0) is 15.2. The summed E-state index contributed by atoms with van der Waals surface area (Å²) >= 11 is 0. The van der Waals surface area contributed by atoms with E-state index in [0.717, 1.165) is 32.1 Å². The molecule has 0 aliphatic carbocycles. The molecule has 0 saturated carbocycles. The highest BCUT2D eigenvalue weighted by Gasteiger charge is 2.54. The first-order valence-electron chi connectivity index (χ1n) is 7.36. The lowest BCUT2D eigenvalue weighted by atomic mass is 10.1. The van der Waals surface area contributed by atoms with Crippen molar-refractivity contribution in [2.24, 2.45) is 0 Å². The van der Waals surface area contributed by atoms with E-state index in [1.54, 1.807) is 6.92 Å². The molecular formula is C13H26NO5S+. The summed E-state index contributed by atoms with van der Waals surface area (Å²) in [5.74, 6) is -0.149. The molecule has 0 spiro atoms. The number of unbranched alkanes of at least 4 members (excludes halogenated alkanes) is 4. The summed E-state index contributed by atoms with van der Waals surface area (Å²) in [4.78, 5) is 12.4. The van der Waals surface area contributed by atoms with Crippen molar-refractivity contribution >= 4 is 16.0 Å². The van der Waals surface area contributed by atoms with Crippen LogP contribution in [0, 0.1) is 0 Å². The molecule has 0 bridgehead atoms. The highest BCUT2D eigenvalue weighted by molar-refractivity contribution is 7.86. The van der Waals surface area contributed by atoms with Gasteiger partial charge in [0, 0.05) is 0 Å². The zero-order valence-electron chi connectivity index (χ0n) is 12.4. The van der Waals surface area contributed by atoms with Gasteiger partial charge in [-0.3, -0.25) is 4.55 Å². The minimum atomic E-state index is -4.38. The number of hydrogen-bond donors (Lipinski definition) is 1. The second-order valence-electron chi connectivity index (χ2n) is 5.32. The largest absolute Gasteiger partial charge is 0.347 e. The molecule has 1 aliphatic heterocycles. The second kappa shape index (κ2) is 7.49. The van der Waals surface area contributed by atoms with Crippen molar-refractivity contribution in [3.8, 4) is 0 Å². The van der Waals surface area contributed by atoms with Crippen LogP contribution >= 0.6 is 0 Å². The van der Waals surface area contributed by atoms with Gasteiger partial charge in [-0.2, -0.15) is 8.42 Å². The molecule has 2 atom stereocenters. The lowest BCUT2D eigenvalue weighted by Crippen LogP contribution is -2.58. The van der Waals surface area contributed by atoms with E-state index in [1.807, 2.05) is 0 Å². The van der Waals surface area contributed by atoms with Crippen LogP contribution in [0.1, 0.15) is 52.4 Å². The molecule has 0 radical (unpaired) electrons. The van der Waals surface area contributed by atoms with Crippen LogP contribution in [-0.2, 0) is 19.6 Å². The van der Waals surface area contributed by atoms with Gasteiger partial charge in [0.05, 0.1) is 13.0 Å². The minimum Gasteiger partial charge on any atom is -0.309 e. The molecule has 0 aromatic rings. The zero-order valence-corrected chi connectivity index (χ0v) is 13.2. The molecule has 1 aliphatic rings. The van der Waals surface area contributed by atoms with Gasteiger partial charge in [0.25, 0.3) is 0 Å². The predicted molar refractivity (Wildman–Crippen MR) is 75.3 cm³/mol. The van der Waals surface area contributed by atoms with Crippen molar-refractivity contribution in [1.29, 1.82) is 0 Å². The van der Waals surface area contributed by atoms with Crippen LogP contribution in [-0.4, -0.2) is 48.6 Å². The number of quaternary nitrogens is 1. The minimum absolute atomic E-state index is 0.149. The Bertz CT molecular complexity index is 422. The molecule has 2 unspecified atom stereocenters. The highest BCUT2D eigenvalue weighted by atomic mass is 32.2. The molecule has 0 aromatic heterocycles. The van der Waals surface area contributed by atoms with Crippen LogP contribution in [0.15, 0.2) is 0 Å². The number of amides is 1. The van der Waals surface area contributed by atoms with Gasteiger partial charge in [-0.15, -0.1) is 0 Å². The Morgan fingerprint density at radius 3 is 2.45 bits per heavy atom. The maximum absolute atomic E-state index is 12.4. The molecule has 1 N–H and O–H groups in total. The van der Waals surface area contributed by atoms with Gasteiger partial charge in [-0.25, -0.2) is 9.28 Å². The van der Waals surface area contributed by atoms with Gasteiger partial charge in [0.1, 0.15) is 13.2 Å². The molecule has 6 nitrogen and oxygen atoms in total. The third-order valence-corrected chi connectivity index (χ3v) is 5.01.